The van der Waals surface area contributed by atoms with E-state index >= 15 is 0 Å². The molecule has 0 saturated heterocycles. The highest BCUT2D eigenvalue weighted by Crippen LogP contribution is 2.42. The molecule has 0 aromatic carbocycles. The van der Waals surface area contributed by atoms with Gasteiger partial charge in [-0.05, 0) is 57.8 Å². The Morgan fingerprint density at radius 3 is 2.19 bits per heavy atom. The Balaban J connectivity index is 2.61. The molecular formula is C17H34N2O2. The lowest BCUT2D eigenvalue weighted by molar-refractivity contribution is -0.152. The van der Waals surface area contributed by atoms with Crippen molar-refractivity contribution in [1.82, 2.24) is 5.32 Å². The fourth-order valence-corrected chi connectivity index (χ4v) is 3.21. The predicted octanol–water partition coefficient (Wildman–Crippen LogP) is 2.85. The number of nitrogens with two attached hydrogens (primary N) is 1. The minimum Gasteiger partial charge on any atom is -0.361 e. The van der Waals surface area contributed by atoms with Crippen LogP contribution in [0.5, 0.6) is 0 Å². The van der Waals surface area contributed by atoms with Crippen molar-refractivity contribution in [3.05, 3.63) is 0 Å². The Labute approximate surface area is 130 Å². The highest BCUT2D eigenvalue weighted by Gasteiger charge is 2.40. The number of nitrogens with one attached hydrogen (secondary N) is 1. The van der Waals surface area contributed by atoms with Gasteiger partial charge in [-0.2, -0.15) is 0 Å². The van der Waals surface area contributed by atoms with Gasteiger partial charge >= 0.3 is 0 Å². The van der Waals surface area contributed by atoms with Gasteiger partial charge in [0, 0.05) is 12.6 Å². The first-order chi connectivity index (χ1) is 9.59. The van der Waals surface area contributed by atoms with Gasteiger partial charge in [-0.15, -0.1) is 0 Å². The van der Waals surface area contributed by atoms with Crippen molar-refractivity contribution in [1.29, 1.82) is 0 Å². The molecule has 1 amide bonds. The number of hydrogen-bond donors (Lipinski definition) is 2. The van der Waals surface area contributed by atoms with Crippen LogP contribution in [-0.2, 0) is 9.53 Å². The highest BCUT2D eigenvalue weighted by molar-refractivity contribution is 5.80. The number of carbonyl (C=O) groups excluding carboxylic acids is 1. The van der Waals surface area contributed by atoms with Gasteiger partial charge in [-0.25, -0.2) is 0 Å². The summed E-state index contributed by atoms with van der Waals surface area (Å²) in [5.41, 5.74) is 6.00. The zero-order valence-electron chi connectivity index (χ0n) is 14.7. The predicted molar refractivity (Wildman–Crippen MR) is 87.0 cm³/mol. The maximum atomic E-state index is 12.0. The van der Waals surface area contributed by atoms with Crippen LogP contribution in [0.1, 0.15) is 67.2 Å². The fraction of sp³-hybridized carbons (Fsp3) is 0.941. The molecule has 21 heavy (non-hydrogen) atoms. The lowest BCUT2D eigenvalue weighted by Crippen LogP contribution is -2.50. The second-order valence-corrected chi connectivity index (χ2v) is 7.95. The van der Waals surface area contributed by atoms with Gasteiger partial charge in [0.1, 0.15) is 6.10 Å². The summed E-state index contributed by atoms with van der Waals surface area (Å²) in [7, 11) is 0. The Hall–Kier alpha value is -0.610. The molecular weight excluding hydrogens is 264 g/mol. The van der Waals surface area contributed by atoms with Crippen molar-refractivity contribution in [2.24, 2.45) is 17.1 Å². The monoisotopic (exact) mass is 298 g/mol. The molecule has 4 heteroatoms. The van der Waals surface area contributed by atoms with Crippen molar-refractivity contribution in [3.8, 4) is 0 Å². The molecule has 124 valence electrons. The summed E-state index contributed by atoms with van der Waals surface area (Å²) in [6, 6.07) is 0.133. The molecule has 1 rings (SSSR count). The van der Waals surface area contributed by atoms with E-state index in [0.29, 0.717) is 17.9 Å². The van der Waals surface area contributed by atoms with Gasteiger partial charge in [0.15, 0.2) is 0 Å². The van der Waals surface area contributed by atoms with Crippen molar-refractivity contribution in [3.63, 3.8) is 0 Å². The van der Waals surface area contributed by atoms with Crippen LogP contribution in [-0.4, -0.2) is 30.2 Å². The average molecular weight is 298 g/mol. The van der Waals surface area contributed by atoms with Crippen LogP contribution in [0, 0.1) is 11.3 Å². The fourth-order valence-electron chi connectivity index (χ4n) is 3.21. The third-order valence-corrected chi connectivity index (χ3v) is 4.72. The maximum Gasteiger partial charge on any atom is 0.249 e. The SMILES string of the molecule is CC(C)NC(=O)C(C)OC1(CN)CCC(C(C)(C)C)CC1. The highest BCUT2D eigenvalue weighted by atomic mass is 16.5. The number of carbonyl (C=O) groups is 1. The molecule has 3 N–H and O–H groups in total. The third-order valence-electron chi connectivity index (χ3n) is 4.72. The number of ether oxygens (including phenoxy) is 1. The maximum absolute atomic E-state index is 12.0. The molecule has 1 saturated carbocycles. The summed E-state index contributed by atoms with van der Waals surface area (Å²) in [4.78, 5) is 12.0. The Morgan fingerprint density at radius 2 is 1.81 bits per heavy atom. The van der Waals surface area contributed by atoms with E-state index in [1.54, 1.807) is 0 Å². The van der Waals surface area contributed by atoms with E-state index in [9.17, 15) is 4.79 Å². The molecule has 1 aliphatic carbocycles. The normalized spacial score (nSPS) is 28.5. The Morgan fingerprint density at radius 1 is 1.29 bits per heavy atom. The van der Waals surface area contributed by atoms with Gasteiger partial charge in [0.05, 0.1) is 5.60 Å². The van der Waals surface area contributed by atoms with Crippen molar-refractivity contribution < 1.29 is 9.53 Å². The average Bonchev–Trinajstić information content (AvgIpc) is 2.37. The van der Waals surface area contributed by atoms with E-state index in [2.05, 4.69) is 26.1 Å². The molecule has 0 spiro atoms. The largest absolute Gasteiger partial charge is 0.361 e. The number of amides is 1. The van der Waals surface area contributed by atoms with Gasteiger partial charge in [0.25, 0.3) is 0 Å². The zero-order valence-corrected chi connectivity index (χ0v) is 14.7. The van der Waals surface area contributed by atoms with E-state index < -0.39 is 6.10 Å². The first kappa shape index (κ1) is 18.4. The molecule has 0 radical (unpaired) electrons. The van der Waals surface area contributed by atoms with Gasteiger partial charge < -0.3 is 15.8 Å². The van der Waals surface area contributed by atoms with Crippen molar-refractivity contribution >= 4 is 5.91 Å². The molecule has 0 heterocycles. The van der Waals surface area contributed by atoms with E-state index in [1.807, 2.05) is 20.8 Å². The van der Waals surface area contributed by atoms with E-state index in [1.165, 1.54) is 0 Å². The first-order valence-corrected chi connectivity index (χ1v) is 8.28. The molecule has 1 fully saturated rings. The summed E-state index contributed by atoms with van der Waals surface area (Å²) in [6.45, 7) is 13.1. The van der Waals surface area contributed by atoms with E-state index in [4.69, 9.17) is 10.5 Å². The Kier molecular flexibility index (Phi) is 6.23. The smallest absolute Gasteiger partial charge is 0.249 e. The van der Waals surface area contributed by atoms with Crippen LogP contribution in [0.3, 0.4) is 0 Å². The van der Waals surface area contributed by atoms with E-state index in [0.717, 1.165) is 25.7 Å². The lowest BCUT2D eigenvalue weighted by atomic mass is 9.68. The third kappa shape index (κ3) is 5.26. The number of rotatable bonds is 5. The summed E-state index contributed by atoms with van der Waals surface area (Å²) in [5.74, 6) is 0.663. The van der Waals surface area contributed by atoms with Crippen LogP contribution in [0.15, 0.2) is 0 Å². The summed E-state index contributed by atoms with van der Waals surface area (Å²) >= 11 is 0. The quantitative estimate of drug-likeness (QED) is 0.820. The molecule has 0 bridgehead atoms. The van der Waals surface area contributed by atoms with E-state index in [-0.39, 0.29) is 17.6 Å². The van der Waals surface area contributed by atoms with Crippen LogP contribution < -0.4 is 11.1 Å². The minimum absolute atomic E-state index is 0.0456. The zero-order chi connectivity index (χ0) is 16.3. The van der Waals surface area contributed by atoms with Gasteiger partial charge in [0.2, 0.25) is 5.91 Å². The molecule has 0 aliphatic heterocycles. The van der Waals surface area contributed by atoms with Crippen LogP contribution in [0.2, 0.25) is 0 Å². The standard InChI is InChI=1S/C17H34N2O2/c1-12(2)19-15(20)13(3)21-17(11-18)9-7-14(8-10-17)16(4,5)6/h12-14H,7-11,18H2,1-6H3,(H,19,20). The molecule has 4 nitrogen and oxygen atoms in total. The van der Waals surface area contributed by atoms with Crippen LogP contribution in [0.25, 0.3) is 0 Å². The molecule has 1 atom stereocenters. The second-order valence-electron chi connectivity index (χ2n) is 7.95. The van der Waals surface area contributed by atoms with Gasteiger partial charge in [-0.3, -0.25) is 4.79 Å². The summed E-state index contributed by atoms with van der Waals surface area (Å²) in [6.07, 6.45) is 3.70. The topological polar surface area (TPSA) is 64.3 Å². The molecule has 1 unspecified atom stereocenters. The first-order valence-electron chi connectivity index (χ1n) is 8.28. The minimum atomic E-state index is -0.442. The van der Waals surface area contributed by atoms with Gasteiger partial charge in [-0.1, -0.05) is 20.8 Å². The number of hydrogen-bond acceptors (Lipinski definition) is 3. The summed E-state index contributed by atoms with van der Waals surface area (Å²) < 4.78 is 6.11. The Bertz CT molecular complexity index is 339. The lowest BCUT2D eigenvalue weighted by Gasteiger charge is -2.44. The van der Waals surface area contributed by atoms with Crippen molar-refractivity contribution in [2.45, 2.75) is 85.0 Å². The molecule has 0 aromatic rings. The molecule has 0 aromatic heterocycles. The summed E-state index contributed by atoms with van der Waals surface area (Å²) in [5, 5.41) is 2.90. The van der Waals surface area contributed by atoms with Crippen molar-refractivity contribution in [2.75, 3.05) is 6.54 Å². The second kappa shape index (κ2) is 7.10. The molecule has 1 aliphatic rings. The van der Waals surface area contributed by atoms with Crippen LogP contribution in [0.4, 0.5) is 0 Å². The van der Waals surface area contributed by atoms with Crippen LogP contribution >= 0.6 is 0 Å².